The van der Waals surface area contributed by atoms with Gasteiger partial charge in [-0.3, -0.25) is 14.4 Å². The minimum absolute atomic E-state index is 0.0598. The van der Waals surface area contributed by atoms with E-state index in [1.807, 2.05) is 6.26 Å². The Bertz CT molecular complexity index is 513. The molecule has 2 heterocycles. The topological polar surface area (TPSA) is 88.2 Å². The normalized spacial score (nSPS) is 26.4. The average molecular weight is 391 g/mol. The second-order valence-corrected chi connectivity index (χ2v) is 8.21. The van der Waals surface area contributed by atoms with Crippen LogP contribution in [0.3, 0.4) is 0 Å². The van der Waals surface area contributed by atoms with Crippen LogP contribution in [0.1, 0.15) is 20.3 Å². The fourth-order valence-corrected chi connectivity index (χ4v) is 4.04. The molecule has 25 heavy (non-hydrogen) atoms. The van der Waals surface area contributed by atoms with E-state index in [1.54, 1.807) is 42.3 Å². The molecule has 2 aliphatic heterocycles. The maximum atomic E-state index is 12.6. The lowest BCUT2D eigenvalue weighted by molar-refractivity contribution is -0.135. The van der Waals surface area contributed by atoms with Crippen molar-refractivity contribution in [1.29, 1.82) is 0 Å². The summed E-state index contributed by atoms with van der Waals surface area (Å²) in [7, 11) is 0. The number of rotatable bonds is 10. The molecule has 0 aliphatic carbocycles. The van der Waals surface area contributed by atoms with Crippen LogP contribution >= 0.6 is 23.5 Å². The molecule has 2 rings (SSSR count). The van der Waals surface area contributed by atoms with Crippen LogP contribution in [-0.2, 0) is 23.9 Å². The molecule has 0 aromatic carbocycles. The van der Waals surface area contributed by atoms with Crippen molar-refractivity contribution in [3.63, 3.8) is 0 Å². The summed E-state index contributed by atoms with van der Waals surface area (Å²) in [5.41, 5.74) is -1.14. The molecule has 2 aliphatic rings. The summed E-state index contributed by atoms with van der Waals surface area (Å²) in [4.78, 5) is 39.0. The van der Waals surface area contributed by atoms with Gasteiger partial charge in [0.25, 0.3) is 5.91 Å². The van der Waals surface area contributed by atoms with E-state index in [4.69, 9.17) is 9.47 Å². The monoisotopic (exact) mass is 390 g/mol. The highest BCUT2D eigenvalue weighted by Crippen LogP contribution is 2.37. The molecule has 2 saturated heterocycles. The Hall–Kier alpha value is -0.770. The summed E-state index contributed by atoms with van der Waals surface area (Å²) in [6.07, 6.45) is 1.67. The number of carbonyl (C=O) groups is 3. The zero-order valence-electron chi connectivity index (χ0n) is 14.9. The van der Waals surface area contributed by atoms with Crippen LogP contribution in [0, 0.1) is 0 Å². The summed E-state index contributed by atoms with van der Waals surface area (Å²) >= 11 is 3.33. The number of nitrogens with zero attached hydrogens (tertiary/aromatic N) is 1. The van der Waals surface area contributed by atoms with Gasteiger partial charge < -0.3 is 19.7 Å². The molecule has 0 radical (unpaired) electrons. The molecular formula is C16H26N2O5S2. The van der Waals surface area contributed by atoms with E-state index < -0.39 is 23.7 Å². The van der Waals surface area contributed by atoms with E-state index in [-0.39, 0.29) is 18.3 Å². The van der Waals surface area contributed by atoms with Crippen LogP contribution in [-0.4, -0.2) is 83.6 Å². The molecule has 9 heteroatoms. The van der Waals surface area contributed by atoms with Gasteiger partial charge in [0.1, 0.15) is 12.6 Å². The highest BCUT2D eigenvalue weighted by molar-refractivity contribution is 7.99. The predicted octanol–water partition coefficient (Wildman–Crippen LogP) is 0.520. The zero-order chi connectivity index (χ0) is 18.4. The molecule has 0 bridgehead atoms. The van der Waals surface area contributed by atoms with Crippen LogP contribution in [0.15, 0.2) is 0 Å². The third kappa shape index (κ3) is 5.12. The second-order valence-electron chi connectivity index (χ2n) is 6.15. The predicted molar refractivity (Wildman–Crippen MR) is 98.7 cm³/mol. The number of nitrogens with one attached hydrogen (secondary N) is 1. The summed E-state index contributed by atoms with van der Waals surface area (Å²) in [6.45, 7) is 4.45. The van der Waals surface area contributed by atoms with Crippen molar-refractivity contribution in [3.05, 3.63) is 0 Å². The minimum atomic E-state index is -1.14. The number of ketones is 1. The zero-order valence-corrected chi connectivity index (χ0v) is 16.5. The number of Topliss-reactive ketones (excluding diaryl/α,β-unsaturated/α-hetero) is 1. The number of thioether (sulfide) groups is 2. The van der Waals surface area contributed by atoms with Gasteiger partial charge in [-0.05, 0) is 32.3 Å². The molecule has 2 amide bonds. The van der Waals surface area contributed by atoms with Crippen molar-refractivity contribution in [2.24, 2.45) is 0 Å². The third-order valence-corrected chi connectivity index (χ3v) is 5.93. The first-order valence-corrected chi connectivity index (χ1v) is 10.9. The van der Waals surface area contributed by atoms with Crippen molar-refractivity contribution < 1.29 is 23.9 Å². The highest BCUT2D eigenvalue weighted by atomic mass is 32.2. The average Bonchev–Trinajstić information content (AvgIpc) is 3.05. The molecule has 0 unspecified atom stereocenters. The van der Waals surface area contributed by atoms with Crippen LogP contribution in [0.25, 0.3) is 0 Å². The van der Waals surface area contributed by atoms with Gasteiger partial charge in [-0.2, -0.15) is 11.8 Å². The van der Waals surface area contributed by atoms with E-state index in [2.05, 4.69) is 5.32 Å². The van der Waals surface area contributed by atoms with Gasteiger partial charge >= 0.3 is 0 Å². The highest BCUT2D eigenvalue weighted by Gasteiger charge is 2.62. The lowest BCUT2D eigenvalue weighted by atomic mass is 10.0. The van der Waals surface area contributed by atoms with Gasteiger partial charge in [-0.25, -0.2) is 0 Å². The van der Waals surface area contributed by atoms with Gasteiger partial charge in [0.05, 0.1) is 5.88 Å². The molecule has 2 fully saturated rings. The molecule has 1 N–H and O–H groups in total. The Morgan fingerprint density at radius 2 is 2.24 bits per heavy atom. The van der Waals surface area contributed by atoms with Gasteiger partial charge in [-0.15, -0.1) is 11.8 Å². The lowest BCUT2D eigenvalue weighted by Crippen LogP contribution is -2.50. The first kappa shape index (κ1) is 20.5. The quantitative estimate of drug-likeness (QED) is 0.544. The van der Waals surface area contributed by atoms with Crippen LogP contribution < -0.4 is 5.32 Å². The Kier molecular flexibility index (Phi) is 7.60. The standard InChI is InChI=1S/C16H26N2O5S2/c1-4-22-9-12(19)16(2)13(23-16)14(20)17-11(5-7-24-3)15(21)18-6-8-25-10-18/h11,13H,4-10H2,1-3H3,(H,17,20)/t11-,13+,16+/m0/s1. The van der Waals surface area contributed by atoms with Crippen LogP contribution in [0.5, 0.6) is 0 Å². The number of epoxide rings is 1. The molecule has 0 aromatic rings. The fraction of sp³-hybridized carbons (Fsp3) is 0.812. The van der Waals surface area contributed by atoms with Gasteiger partial charge in [0.2, 0.25) is 5.91 Å². The maximum Gasteiger partial charge on any atom is 0.253 e. The van der Waals surface area contributed by atoms with E-state index in [0.29, 0.717) is 25.4 Å². The smallest absolute Gasteiger partial charge is 0.253 e. The van der Waals surface area contributed by atoms with E-state index in [9.17, 15) is 14.4 Å². The van der Waals surface area contributed by atoms with Gasteiger partial charge in [0, 0.05) is 18.9 Å². The molecule has 3 atom stereocenters. The van der Waals surface area contributed by atoms with Crippen molar-refractivity contribution >= 4 is 41.1 Å². The summed E-state index contributed by atoms with van der Waals surface area (Å²) in [6, 6.07) is -0.575. The van der Waals surface area contributed by atoms with Crippen molar-refractivity contribution in [1.82, 2.24) is 10.2 Å². The molecular weight excluding hydrogens is 364 g/mol. The Morgan fingerprint density at radius 3 is 2.84 bits per heavy atom. The Balaban J connectivity index is 1.93. The Morgan fingerprint density at radius 1 is 1.48 bits per heavy atom. The van der Waals surface area contributed by atoms with Crippen LogP contribution in [0.2, 0.25) is 0 Å². The van der Waals surface area contributed by atoms with Gasteiger partial charge in [-0.1, -0.05) is 0 Å². The van der Waals surface area contributed by atoms with Crippen molar-refractivity contribution in [2.45, 2.75) is 38.0 Å². The van der Waals surface area contributed by atoms with Gasteiger partial charge in [0.15, 0.2) is 17.5 Å². The first-order chi connectivity index (χ1) is 11.9. The third-order valence-electron chi connectivity index (χ3n) is 4.32. The summed E-state index contributed by atoms with van der Waals surface area (Å²) < 4.78 is 10.5. The van der Waals surface area contributed by atoms with E-state index >= 15 is 0 Å². The van der Waals surface area contributed by atoms with E-state index in [0.717, 1.165) is 11.5 Å². The fourth-order valence-electron chi connectivity index (χ4n) is 2.61. The Labute approximate surface area is 156 Å². The first-order valence-electron chi connectivity index (χ1n) is 8.38. The number of amides is 2. The van der Waals surface area contributed by atoms with Crippen molar-refractivity contribution in [2.75, 3.05) is 43.4 Å². The second kappa shape index (κ2) is 9.25. The number of ether oxygens (including phenoxy) is 2. The minimum Gasteiger partial charge on any atom is -0.374 e. The van der Waals surface area contributed by atoms with E-state index in [1.165, 1.54) is 0 Å². The summed E-state index contributed by atoms with van der Waals surface area (Å²) in [5.74, 6) is 1.63. The number of hydrogen-bond acceptors (Lipinski definition) is 7. The molecule has 0 saturated carbocycles. The molecule has 0 spiro atoms. The van der Waals surface area contributed by atoms with Crippen LogP contribution in [0.4, 0.5) is 0 Å². The van der Waals surface area contributed by atoms with Crippen molar-refractivity contribution in [3.8, 4) is 0 Å². The summed E-state index contributed by atoms with van der Waals surface area (Å²) in [5, 5.41) is 2.79. The number of carbonyl (C=O) groups excluding carboxylic acids is 3. The maximum absolute atomic E-state index is 12.6. The largest absolute Gasteiger partial charge is 0.374 e. The number of hydrogen-bond donors (Lipinski definition) is 1. The molecule has 142 valence electrons. The molecule has 7 nitrogen and oxygen atoms in total. The lowest BCUT2D eigenvalue weighted by Gasteiger charge is -2.23. The SMILES string of the molecule is CCOCC(=O)[C@@]1(C)O[C@@H]1C(=O)N[C@@H](CCSC)C(=O)N1CCSC1. The molecule has 0 aromatic heterocycles.